The molecule has 0 saturated heterocycles. The molecule has 2 aromatic rings. The fraction of sp³-hybridized carbons (Fsp3) is 0.294. The van der Waals surface area contributed by atoms with Gasteiger partial charge in [0.25, 0.3) is 0 Å². The highest BCUT2D eigenvalue weighted by Gasteiger charge is 2.32. The Morgan fingerprint density at radius 1 is 0.895 bits per heavy atom. The number of hydrogen-bond acceptors (Lipinski definition) is 2. The van der Waals surface area contributed by atoms with Crippen LogP contribution >= 0.6 is 0 Å². The van der Waals surface area contributed by atoms with Crippen molar-refractivity contribution in [1.82, 2.24) is 0 Å². The molecule has 0 radical (unpaired) electrons. The third kappa shape index (κ3) is 2.79. The molecular formula is C17H19NO. The maximum atomic E-state index is 6.49. The minimum absolute atomic E-state index is 0.140. The van der Waals surface area contributed by atoms with Crippen molar-refractivity contribution in [2.24, 2.45) is 5.73 Å². The molecule has 0 bridgehead atoms. The molecule has 0 atom stereocenters. The number of para-hydroxylation sites is 1. The smallest absolute Gasteiger partial charge is 0.119 e. The standard InChI is InChI=1S/C17H19NO/c18-17(10-11-19-16-8-2-1-3-9-16)12-14-6-4-5-7-15(14)13-17/h1-9H,10-13,18H2. The molecule has 2 aromatic carbocycles. The summed E-state index contributed by atoms with van der Waals surface area (Å²) in [6, 6.07) is 18.5. The second-order valence-electron chi connectivity index (χ2n) is 5.40. The Bertz CT molecular complexity index is 525. The van der Waals surface area contributed by atoms with Gasteiger partial charge in [-0.05, 0) is 36.1 Å². The zero-order chi connectivity index (χ0) is 13.1. The van der Waals surface area contributed by atoms with Gasteiger partial charge in [0, 0.05) is 12.0 Å². The lowest BCUT2D eigenvalue weighted by molar-refractivity contribution is 0.260. The van der Waals surface area contributed by atoms with Crippen molar-refractivity contribution in [3.8, 4) is 5.75 Å². The molecule has 2 N–H and O–H groups in total. The summed E-state index contributed by atoms with van der Waals surface area (Å²) >= 11 is 0. The van der Waals surface area contributed by atoms with Crippen LogP contribution in [-0.2, 0) is 12.8 Å². The van der Waals surface area contributed by atoms with E-state index in [1.54, 1.807) is 0 Å². The van der Waals surface area contributed by atoms with E-state index < -0.39 is 0 Å². The first-order valence-corrected chi connectivity index (χ1v) is 6.79. The summed E-state index contributed by atoms with van der Waals surface area (Å²) in [7, 11) is 0. The fourth-order valence-electron chi connectivity index (χ4n) is 2.79. The highest BCUT2D eigenvalue weighted by Crippen LogP contribution is 2.30. The topological polar surface area (TPSA) is 35.2 Å². The first-order valence-electron chi connectivity index (χ1n) is 6.79. The lowest BCUT2D eigenvalue weighted by Gasteiger charge is -2.23. The normalized spacial score (nSPS) is 16.1. The van der Waals surface area contributed by atoms with Gasteiger partial charge in [-0.15, -0.1) is 0 Å². The van der Waals surface area contributed by atoms with Crippen molar-refractivity contribution in [3.05, 3.63) is 65.7 Å². The Hall–Kier alpha value is -1.80. The molecule has 1 aliphatic rings. The third-order valence-corrected chi connectivity index (χ3v) is 3.82. The van der Waals surface area contributed by atoms with Crippen molar-refractivity contribution < 1.29 is 4.74 Å². The predicted molar refractivity (Wildman–Crippen MR) is 77.3 cm³/mol. The Morgan fingerprint density at radius 3 is 2.11 bits per heavy atom. The second-order valence-corrected chi connectivity index (χ2v) is 5.40. The Balaban J connectivity index is 1.57. The summed E-state index contributed by atoms with van der Waals surface area (Å²) in [5.41, 5.74) is 9.14. The van der Waals surface area contributed by atoms with Crippen LogP contribution in [0.15, 0.2) is 54.6 Å². The third-order valence-electron chi connectivity index (χ3n) is 3.82. The molecule has 0 aliphatic heterocycles. The van der Waals surface area contributed by atoms with E-state index in [9.17, 15) is 0 Å². The van der Waals surface area contributed by atoms with Crippen molar-refractivity contribution in [2.75, 3.05) is 6.61 Å². The van der Waals surface area contributed by atoms with Gasteiger partial charge in [-0.2, -0.15) is 0 Å². The Morgan fingerprint density at radius 2 is 1.47 bits per heavy atom. The second kappa shape index (κ2) is 5.06. The minimum Gasteiger partial charge on any atom is -0.494 e. The van der Waals surface area contributed by atoms with Gasteiger partial charge in [-0.1, -0.05) is 42.5 Å². The fourth-order valence-corrected chi connectivity index (χ4v) is 2.79. The van der Waals surface area contributed by atoms with Gasteiger partial charge in [0.15, 0.2) is 0 Å². The zero-order valence-electron chi connectivity index (χ0n) is 11.0. The van der Waals surface area contributed by atoms with Crippen molar-refractivity contribution in [2.45, 2.75) is 24.8 Å². The van der Waals surface area contributed by atoms with E-state index in [2.05, 4.69) is 24.3 Å². The number of hydrogen-bond donors (Lipinski definition) is 1. The molecule has 3 rings (SSSR count). The molecule has 0 spiro atoms. The van der Waals surface area contributed by atoms with E-state index in [4.69, 9.17) is 10.5 Å². The molecule has 0 unspecified atom stereocenters. The van der Waals surface area contributed by atoms with E-state index in [0.717, 1.165) is 25.0 Å². The summed E-state index contributed by atoms with van der Waals surface area (Å²) in [4.78, 5) is 0. The summed E-state index contributed by atoms with van der Waals surface area (Å²) in [5, 5.41) is 0. The molecule has 98 valence electrons. The lowest BCUT2D eigenvalue weighted by atomic mass is 9.93. The summed E-state index contributed by atoms with van der Waals surface area (Å²) in [5.74, 6) is 0.918. The maximum absolute atomic E-state index is 6.49. The number of ether oxygens (including phenoxy) is 1. The van der Waals surface area contributed by atoms with Crippen molar-refractivity contribution in [3.63, 3.8) is 0 Å². The molecule has 0 aromatic heterocycles. The van der Waals surface area contributed by atoms with Gasteiger partial charge in [0.05, 0.1) is 6.61 Å². The van der Waals surface area contributed by atoms with E-state index in [1.807, 2.05) is 30.3 Å². The molecule has 1 aliphatic carbocycles. The van der Waals surface area contributed by atoms with Gasteiger partial charge in [-0.25, -0.2) is 0 Å². The predicted octanol–water partition coefficient (Wildman–Crippen LogP) is 2.95. The van der Waals surface area contributed by atoms with Crippen LogP contribution < -0.4 is 10.5 Å². The van der Waals surface area contributed by atoms with Crippen LogP contribution in [0.5, 0.6) is 5.75 Å². The van der Waals surface area contributed by atoms with Gasteiger partial charge >= 0.3 is 0 Å². The largest absolute Gasteiger partial charge is 0.494 e. The van der Waals surface area contributed by atoms with Crippen LogP contribution in [0.3, 0.4) is 0 Å². The first-order chi connectivity index (χ1) is 9.25. The maximum Gasteiger partial charge on any atom is 0.119 e. The number of nitrogens with two attached hydrogens (primary N) is 1. The van der Waals surface area contributed by atoms with Crippen LogP contribution in [0.4, 0.5) is 0 Å². The highest BCUT2D eigenvalue weighted by molar-refractivity contribution is 5.36. The molecule has 0 amide bonds. The molecule has 2 heteroatoms. The molecule has 0 saturated carbocycles. The minimum atomic E-state index is -0.140. The average molecular weight is 253 g/mol. The van der Waals surface area contributed by atoms with Crippen molar-refractivity contribution >= 4 is 0 Å². The monoisotopic (exact) mass is 253 g/mol. The van der Waals surface area contributed by atoms with Gasteiger partial charge in [0.2, 0.25) is 0 Å². The number of fused-ring (bicyclic) bond motifs is 1. The van der Waals surface area contributed by atoms with Gasteiger partial charge in [0.1, 0.15) is 5.75 Å². The SMILES string of the molecule is NC1(CCOc2ccccc2)Cc2ccccc2C1. The molecule has 0 heterocycles. The molecule has 19 heavy (non-hydrogen) atoms. The number of rotatable bonds is 4. The van der Waals surface area contributed by atoms with Gasteiger partial charge < -0.3 is 10.5 Å². The number of benzene rings is 2. The van der Waals surface area contributed by atoms with E-state index in [-0.39, 0.29) is 5.54 Å². The molecular weight excluding hydrogens is 234 g/mol. The van der Waals surface area contributed by atoms with Crippen LogP contribution in [0, 0.1) is 0 Å². The summed E-state index contributed by atoms with van der Waals surface area (Å²) in [6.07, 6.45) is 2.80. The molecule has 0 fully saturated rings. The van der Waals surface area contributed by atoms with Crippen LogP contribution in [0.2, 0.25) is 0 Å². The Kier molecular flexibility index (Phi) is 3.26. The molecule has 2 nitrogen and oxygen atoms in total. The average Bonchev–Trinajstić information content (AvgIpc) is 2.76. The van der Waals surface area contributed by atoms with Crippen molar-refractivity contribution in [1.29, 1.82) is 0 Å². The van der Waals surface area contributed by atoms with Crippen LogP contribution in [0.1, 0.15) is 17.5 Å². The Labute approximate surface area is 114 Å². The summed E-state index contributed by atoms with van der Waals surface area (Å²) in [6.45, 7) is 0.675. The van der Waals surface area contributed by atoms with Crippen LogP contribution in [-0.4, -0.2) is 12.1 Å². The van der Waals surface area contributed by atoms with E-state index in [1.165, 1.54) is 11.1 Å². The zero-order valence-corrected chi connectivity index (χ0v) is 11.0. The van der Waals surface area contributed by atoms with Gasteiger partial charge in [-0.3, -0.25) is 0 Å². The quantitative estimate of drug-likeness (QED) is 0.909. The lowest BCUT2D eigenvalue weighted by Crippen LogP contribution is -2.42. The highest BCUT2D eigenvalue weighted by atomic mass is 16.5. The van der Waals surface area contributed by atoms with Crippen LogP contribution in [0.25, 0.3) is 0 Å². The first kappa shape index (κ1) is 12.2. The summed E-state index contributed by atoms with van der Waals surface area (Å²) < 4.78 is 5.75. The van der Waals surface area contributed by atoms with E-state index in [0.29, 0.717) is 6.61 Å². The van der Waals surface area contributed by atoms with E-state index >= 15 is 0 Å².